The highest BCUT2D eigenvalue weighted by atomic mass is 32.2. The fraction of sp³-hybridized carbons (Fsp3) is 0.250. The molecule has 98 valence electrons. The van der Waals surface area contributed by atoms with E-state index in [0.29, 0.717) is 0 Å². The molecule has 1 aliphatic heterocycles. The van der Waals surface area contributed by atoms with E-state index in [1.54, 1.807) is 0 Å². The molecule has 3 unspecified atom stereocenters. The summed E-state index contributed by atoms with van der Waals surface area (Å²) in [5, 5.41) is 0. The third-order valence-corrected chi connectivity index (χ3v) is 5.45. The van der Waals surface area contributed by atoms with Crippen LogP contribution < -0.4 is 0 Å². The van der Waals surface area contributed by atoms with Gasteiger partial charge in [-0.1, -0.05) is 55.5 Å². The first-order valence-corrected chi connectivity index (χ1v) is 7.62. The fourth-order valence-electron chi connectivity index (χ4n) is 2.40. The van der Waals surface area contributed by atoms with Gasteiger partial charge in [0.2, 0.25) is 0 Å². The molecule has 3 heteroatoms. The summed E-state index contributed by atoms with van der Waals surface area (Å²) >= 11 is 0. The molecule has 0 saturated carbocycles. The van der Waals surface area contributed by atoms with Crippen molar-refractivity contribution in [3.8, 4) is 0 Å². The van der Waals surface area contributed by atoms with Crippen molar-refractivity contribution < 1.29 is 8.95 Å². The van der Waals surface area contributed by atoms with Crippen LogP contribution in [-0.2, 0) is 15.5 Å². The normalized spacial score (nSPS) is 26.9. The fourth-order valence-corrected chi connectivity index (χ4v) is 3.98. The molecule has 0 radical (unpaired) electrons. The molecule has 3 rings (SSSR count). The lowest BCUT2D eigenvalue weighted by atomic mass is 10.1. The molecule has 0 aromatic heterocycles. The molecule has 3 atom stereocenters. The van der Waals surface area contributed by atoms with E-state index in [-0.39, 0.29) is 6.10 Å². The van der Waals surface area contributed by atoms with Crippen molar-refractivity contribution in [2.45, 2.75) is 29.3 Å². The van der Waals surface area contributed by atoms with E-state index in [1.165, 1.54) is 0 Å². The molecule has 19 heavy (non-hydrogen) atoms. The first kappa shape index (κ1) is 12.6. The van der Waals surface area contributed by atoms with E-state index >= 15 is 0 Å². The molecule has 0 bridgehead atoms. The smallest absolute Gasteiger partial charge is 0.178 e. The Labute approximate surface area is 115 Å². The maximum Gasteiger partial charge on any atom is 0.178 e. The van der Waals surface area contributed by atoms with Crippen molar-refractivity contribution in [1.82, 2.24) is 0 Å². The van der Waals surface area contributed by atoms with Gasteiger partial charge >= 0.3 is 0 Å². The molecular formula is C16H16O2S. The largest absolute Gasteiger partial charge is 0.346 e. The molecule has 2 aromatic rings. The van der Waals surface area contributed by atoms with E-state index in [9.17, 15) is 4.21 Å². The van der Waals surface area contributed by atoms with Gasteiger partial charge in [0.15, 0.2) is 4.93 Å². The summed E-state index contributed by atoms with van der Waals surface area (Å²) in [6, 6.07) is 19.6. The molecular weight excluding hydrogens is 256 g/mol. The topological polar surface area (TPSA) is 29.6 Å². The Balaban J connectivity index is 1.89. The van der Waals surface area contributed by atoms with Gasteiger partial charge in [0.25, 0.3) is 0 Å². The van der Waals surface area contributed by atoms with Crippen molar-refractivity contribution in [1.29, 1.82) is 0 Å². The minimum Gasteiger partial charge on any atom is -0.346 e. The van der Waals surface area contributed by atoms with Crippen LogP contribution in [0.2, 0.25) is 0 Å². The van der Waals surface area contributed by atoms with Crippen molar-refractivity contribution >= 4 is 10.8 Å². The number of rotatable bonds is 4. The molecule has 1 fully saturated rings. The summed E-state index contributed by atoms with van der Waals surface area (Å²) in [7, 11) is -1.14. The van der Waals surface area contributed by atoms with Gasteiger partial charge in [-0.25, -0.2) is 0 Å². The molecule has 2 nitrogen and oxygen atoms in total. The van der Waals surface area contributed by atoms with Crippen molar-refractivity contribution in [2.75, 3.05) is 0 Å². The maximum atomic E-state index is 12.7. The Kier molecular flexibility index (Phi) is 3.25. The number of benzene rings is 2. The lowest BCUT2D eigenvalue weighted by Gasteiger charge is -2.10. The Hall–Kier alpha value is -1.45. The van der Waals surface area contributed by atoms with Gasteiger partial charge in [-0.15, -0.1) is 0 Å². The van der Waals surface area contributed by atoms with E-state index in [1.807, 2.05) is 67.6 Å². The SMILES string of the molecule is CCC1(S(=O)c2ccccc2)OC1c1ccccc1. The Morgan fingerprint density at radius 3 is 2.21 bits per heavy atom. The number of hydrogen-bond acceptors (Lipinski definition) is 2. The molecule has 0 spiro atoms. The minimum atomic E-state index is -1.14. The van der Waals surface area contributed by atoms with Crippen molar-refractivity contribution in [3.63, 3.8) is 0 Å². The van der Waals surface area contributed by atoms with Crippen molar-refractivity contribution in [3.05, 3.63) is 66.2 Å². The second-order valence-corrected chi connectivity index (χ2v) is 6.36. The average Bonchev–Trinajstić information content (AvgIpc) is 3.24. The van der Waals surface area contributed by atoms with Gasteiger partial charge in [-0.3, -0.25) is 4.21 Å². The summed E-state index contributed by atoms with van der Waals surface area (Å²) < 4.78 is 18.6. The number of hydrogen-bond donors (Lipinski definition) is 0. The Morgan fingerprint density at radius 2 is 1.63 bits per heavy atom. The second-order valence-electron chi connectivity index (χ2n) is 4.66. The quantitative estimate of drug-likeness (QED) is 0.795. The monoisotopic (exact) mass is 272 g/mol. The van der Waals surface area contributed by atoms with Crippen LogP contribution in [0.1, 0.15) is 25.0 Å². The summed E-state index contributed by atoms with van der Waals surface area (Å²) in [4.78, 5) is 0.283. The van der Waals surface area contributed by atoms with Crippen LogP contribution in [0.3, 0.4) is 0 Å². The summed E-state index contributed by atoms with van der Waals surface area (Å²) in [5.41, 5.74) is 1.11. The molecule has 0 aliphatic carbocycles. The molecule has 1 saturated heterocycles. The Morgan fingerprint density at radius 1 is 1.05 bits per heavy atom. The van der Waals surface area contributed by atoms with Gasteiger partial charge < -0.3 is 4.74 Å². The predicted octanol–water partition coefficient (Wildman–Crippen LogP) is 3.67. The van der Waals surface area contributed by atoms with Crippen LogP contribution in [0, 0.1) is 0 Å². The third-order valence-electron chi connectivity index (χ3n) is 3.53. The number of epoxide rings is 1. The third kappa shape index (κ3) is 2.13. The van der Waals surface area contributed by atoms with E-state index < -0.39 is 15.7 Å². The van der Waals surface area contributed by atoms with E-state index in [4.69, 9.17) is 4.74 Å². The molecule has 0 N–H and O–H groups in total. The lowest BCUT2D eigenvalue weighted by Crippen LogP contribution is -2.18. The first-order chi connectivity index (χ1) is 9.28. The number of ether oxygens (including phenoxy) is 1. The Bertz CT molecular complexity index is 582. The van der Waals surface area contributed by atoms with Crippen LogP contribution in [0.25, 0.3) is 0 Å². The van der Waals surface area contributed by atoms with E-state index in [0.717, 1.165) is 16.9 Å². The van der Waals surface area contributed by atoms with Crippen LogP contribution in [-0.4, -0.2) is 9.14 Å². The van der Waals surface area contributed by atoms with Gasteiger partial charge in [0.05, 0.1) is 10.8 Å². The zero-order valence-corrected chi connectivity index (χ0v) is 11.6. The predicted molar refractivity (Wildman–Crippen MR) is 76.1 cm³/mol. The first-order valence-electron chi connectivity index (χ1n) is 6.47. The summed E-state index contributed by atoms with van der Waals surface area (Å²) in [6.07, 6.45) is 0.688. The van der Waals surface area contributed by atoms with Gasteiger partial charge in [0.1, 0.15) is 6.10 Å². The van der Waals surface area contributed by atoms with Gasteiger partial charge in [-0.2, -0.15) is 0 Å². The highest BCUT2D eigenvalue weighted by Gasteiger charge is 2.61. The molecule has 2 aromatic carbocycles. The maximum absolute atomic E-state index is 12.7. The standard InChI is InChI=1S/C16H16O2S/c1-2-16(19(17)14-11-7-4-8-12-14)15(18-16)13-9-5-3-6-10-13/h3-12,15H,2H2,1H3. The van der Waals surface area contributed by atoms with Crippen LogP contribution in [0.5, 0.6) is 0 Å². The molecule has 0 amide bonds. The zero-order valence-electron chi connectivity index (χ0n) is 10.8. The summed E-state index contributed by atoms with van der Waals surface area (Å²) in [6.45, 7) is 2.03. The molecule has 1 aliphatic rings. The second kappa shape index (κ2) is 4.91. The van der Waals surface area contributed by atoms with E-state index in [2.05, 4.69) is 0 Å². The van der Waals surface area contributed by atoms with Crippen LogP contribution in [0.4, 0.5) is 0 Å². The minimum absolute atomic E-state index is 0.0558. The average molecular weight is 272 g/mol. The van der Waals surface area contributed by atoms with Crippen molar-refractivity contribution in [2.24, 2.45) is 0 Å². The highest BCUT2D eigenvalue weighted by molar-refractivity contribution is 7.86. The van der Waals surface area contributed by atoms with Gasteiger partial charge in [0, 0.05) is 4.90 Å². The van der Waals surface area contributed by atoms with Crippen LogP contribution in [0.15, 0.2) is 65.6 Å². The van der Waals surface area contributed by atoms with Crippen LogP contribution >= 0.6 is 0 Å². The molecule has 1 heterocycles. The lowest BCUT2D eigenvalue weighted by molar-refractivity contribution is 0.347. The van der Waals surface area contributed by atoms with Gasteiger partial charge in [-0.05, 0) is 24.1 Å². The summed E-state index contributed by atoms with van der Waals surface area (Å²) in [5.74, 6) is 0. The zero-order chi connectivity index (χ0) is 13.3. The highest BCUT2D eigenvalue weighted by Crippen LogP contribution is 2.55.